The molecule has 40 heavy (non-hydrogen) atoms. The zero-order valence-electron chi connectivity index (χ0n) is 22.2. The van der Waals surface area contributed by atoms with Crippen LogP contribution in [0.1, 0.15) is 32.3 Å². The standard InChI is InChI=1S/C24H27N3O13/c1-6-26(7-2)21(31)15(13-25)8-14-9-16(27(34)35)20(30)17(10-14)39-23(33)40-24(22(32)38-5,11-18(28)36-3)12-19(29)37-4/h8-10,30H,6-7,11-12H2,1-5H3/b15-8+. The van der Waals surface area contributed by atoms with Gasteiger partial charge in [-0.15, -0.1) is 0 Å². The molecule has 0 bridgehead atoms. The predicted octanol–water partition coefficient (Wildman–Crippen LogP) is 1.63. The molecular weight excluding hydrogens is 538 g/mol. The summed E-state index contributed by atoms with van der Waals surface area (Å²) >= 11 is 0. The first-order chi connectivity index (χ1) is 18.8. The number of hydrogen-bond acceptors (Lipinski definition) is 14. The molecule has 0 radical (unpaired) electrons. The van der Waals surface area contributed by atoms with Crippen molar-refractivity contribution < 1.29 is 57.7 Å². The van der Waals surface area contributed by atoms with Crippen molar-refractivity contribution in [3.8, 4) is 17.6 Å². The zero-order valence-corrected chi connectivity index (χ0v) is 22.2. The van der Waals surface area contributed by atoms with Gasteiger partial charge in [0.15, 0.2) is 5.75 Å². The molecule has 1 amide bonds. The number of hydrogen-bond donors (Lipinski definition) is 1. The highest BCUT2D eigenvalue weighted by Gasteiger charge is 2.49. The summed E-state index contributed by atoms with van der Waals surface area (Å²) in [4.78, 5) is 73.6. The Hall–Kier alpha value is -5.20. The van der Waals surface area contributed by atoms with Gasteiger partial charge < -0.3 is 33.7 Å². The van der Waals surface area contributed by atoms with E-state index in [1.807, 2.05) is 0 Å². The second-order valence-electron chi connectivity index (χ2n) is 7.74. The minimum atomic E-state index is -2.64. The molecule has 1 N–H and O–H groups in total. The first-order valence-electron chi connectivity index (χ1n) is 11.4. The van der Waals surface area contributed by atoms with Crippen molar-refractivity contribution in [3.05, 3.63) is 33.4 Å². The number of nitriles is 1. The molecule has 0 atom stereocenters. The second-order valence-corrected chi connectivity index (χ2v) is 7.74. The number of aromatic hydroxyl groups is 1. The van der Waals surface area contributed by atoms with E-state index in [1.54, 1.807) is 19.9 Å². The minimum Gasteiger partial charge on any atom is -0.499 e. The molecule has 0 saturated carbocycles. The quantitative estimate of drug-likeness (QED) is 0.0723. The number of esters is 3. The number of carbonyl (C=O) groups is 5. The largest absolute Gasteiger partial charge is 0.515 e. The van der Waals surface area contributed by atoms with E-state index in [9.17, 15) is 44.5 Å². The second kappa shape index (κ2) is 14.7. The van der Waals surface area contributed by atoms with Gasteiger partial charge >= 0.3 is 29.8 Å². The lowest BCUT2D eigenvalue weighted by Gasteiger charge is -2.28. The maximum Gasteiger partial charge on any atom is 0.515 e. The molecule has 1 rings (SSSR count). The first-order valence-corrected chi connectivity index (χ1v) is 11.4. The van der Waals surface area contributed by atoms with Gasteiger partial charge in [-0.3, -0.25) is 24.5 Å². The van der Waals surface area contributed by atoms with Crippen molar-refractivity contribution in [2.24, 2.45) is 0 Å². The highest BCUT2D eigenvalue weighted by molar-refractivity contribution is 6.02. The van der Waals surface area contributed by atoms with Gasteiger partial charge in [0.25, 0.3) is 5.91 Å². The van der Waals surface area contributed by atoms with Crippen molar-refractivity contribution in [1.82, 2.24) is 4.90 Å². The van der Waals surface area contributed by atoms with Crippen molar-refractivity contribution in [3.63, 3.8) is 0 Å². The summed E-state index contributed by atoms with van der Waals surface area (Å²) in [6, 6.07) is 3.37. The Balaban J connectivity index is 3.60. The smallest absolute Gasteiger partial charge is 0.499 e. The number of amides is 1. The lowest BCUT2D eigenvalue weighted by molar-refractivity contribution is -0.385. The fourth-order valence-corrected chi connectivity index (χ4v) is 3.29. The number of carbonyl (C=O) groups excluding carboxylic acids is 5. The number of benzene rings is 1. The van der Waals surface area contributed by atoms with Gasteiger partial charge in [-0.05, 0) is 31.6 Å². The third kappa shape index (κ3) is 8.15. The number of nitro benzene ring substituents is 1. The lowest BCUT2D eigenvalue weighted by Crippen LogP contribution is -2.48. The summed E-state index contributed by atoms with van der Waals surface area (Å²) in [5.74, 6) is -6.30. The van der Waals surface area contributed by atoms with E-state index in [-0.39, 0.29) is 18.7 Å². The zero-order chi connectivity index (χ0) is 30.6. The molecule has 0 heterocycles. The molecule has 0 unspecified atom stereocenters. The number of phenols is 1. The maximum atomic E-state index is 12.7. The van der Waals surface area contributed by atoms with E-state index in [1.165, 1.54) is 4.90 Å². The molecule has 0 aliphatic heterocycles. The van der Waals surface area contributed by atoms with E-state index >= 15 is 0 Å². The van der Waals surface area contributed by atoms with Gasteiger partial charge in [0, 0.05) is 19.2 Å². The number of ether oxygens (including phenoxy) is 5. The molecule has 1 aromatic rings. The Labute approximate surface area is 227 Å². The van der Waals surface area contributed by atoms with E-state index in [4.69, 9.17) is 9.47 Å². The number of likely N-dealkylation sites (N-methyl/N-ethyl adjacent to an activating group) is 1. The van der Waals surface area contributed by atoms with Crippen LogP contribution in [0.2, 0.25) is 0 Å². The molecule has 0 saturated heterocycles. The SMILES string of the molecule is CCN(CC)C(=O)/C(C#N)=C/c1cc(OC(=O)OC(CC(=O)OC)(CC(=O)OC)C(=O)OC)c(O)c([N+](=O)[O-])c1. The summed E-state index contributed by atoms with van der Waals surface area (Å²) in [6.45, 7) is 3.88. The summed E-state index contributed by atoms with van der Waals surface area (Å²) in [6.07, 6.45) is -2.87. The van der Waals surface area contributed by atoms with Crippen LogP contribution in [0, 0.1) is 21.4 Å². The predicted molar refractivity (Wildman–Crippen MR) is 131 cm³/mol. The Kier molecular flexibility index (Phi) is 12.0. The van der Waals surface area contributed by atoms with Crippen molar-refractivity contribution in [1.29, 1.82) is 5.26 Å². The monoisotopic (exact) mass is 565 g/mol. The molecular formula is C24H27N3O13. The van der Waals surface area contributed by atoms with Gasteiger partial charge in [-0.1, -0.05) is 0 Å². The van der Waals surface area contributed by atoms with Crippen LogP contribution in [-0.2, 0) is 38.1 Å². The summed E-state index contributed by atoms with van der Waals surface area (Å²) in [5.41, 5.74) is -4.24. The summed E-state index contributed by atoms with van der Waals surface area (Å²) in [5, 5.41) is 31.3. The normalized spacial score (nSPS) is 10.9. The van der Waals surface area contributed by atoms with Crippen LogP contribution in [0.4, 0.5) is 10.5 Å². The molecule has 16 nitrogen and oxygen atoms in total. The summed E-state index contributed by atoms with van der Waals surface area (Å²) < 4.78 is 23.4. The first kappa shape index (κ1) is 32.8. The van der Waals surface area contributed by atoms with Crippen LogP contribution in [0.25, 0.3) is 6.08 Å². The maximum absolute atomic E-state index is 12.7. The Morgan fingerprint density at radius 2 is 1.60 bits per heavy atom. The number of nitrogens with zero attached hydrogens (tertiary/aromatic N) is 3. The van der Waals surface area contributed by atoms with Crippen LogP contribution in [0.15, 0.2) is 17.7 Å². The fraction of sp³-hybridized carbons (Fsp3) is 0.417. The molecule has 1 aromatic carbocycles. The lowest BCUT2D eigenvalue weighted by atomic mass is 9.95. The Morgan fingerprint density at radius 1 is 1.05 bits per heavy atom. The molecule has 0 aliphatic carbocycles. The van der Waals surface area contributed by atoms with Gasteiger partial charge in [0.05, 0.1) is 39.1 Å². The molecule has 0 fully saturated rings. The fourth-order valence-electron chi connectivity index (χ4n) is 3.29. The number of rotatable bonds is 12. The third-order valence-electron chi connectivity index (χ3n) is 5.33. The van der Waals surface area contributed by atoms with E-state index < -0.39 is 76.1 Å². The van der Waals surface area contributed by atoms with Gasteiger partial charge in [-0.2, -0.15) is 5.26 Å². The van der Waals surface area contributed by atoms with Crippen LogP contribution < -0.4 is 4.74 Å². The topological polar surface area (TPSA) is 222 Å². The summed E-state index contributed by atoms with van der Waals surface area (Å²) in [7, 11) is 2.78. The molecule has 0 aliphatic rings. The molecule has 0 aromatic heterocycles. The van der Waals surface area contributed by atoms with Gasteiger partial charge in [-0.25, -0.2) is 9.59 Å². The van der Waals surface area contributed by atoms with Crippen LogP contribution in [0.5, 0.6) is 11.5 Å². The third-order valence-corrected chi connectivity index (χ3v) is 5.33. The van der Waals surface area contributed by atoms with Crippen LogP contribution in [-0.4, -0.2) is 84.9 Å². The highest BCUT2D eigenvalue weighted by Crippen LogP contribution is 2.38. The van der Waals surface area contributed by atoms with Crippen LogP contribution >= 0.6 is 0 Å². The van der Waals surface area contributed by atoms with E-state index in [2.05, 4.69) is 14.2 Å². The highest BCUT2D eigenvalue weighted by atomic mass is 16.7. The molecule has 16 heteroatoms. The number of phenolic OH excluding ortho intramolecular Hbond substituents is 1. The molecule has 0 spiro atoms. The molecule has 216 valence electrons. The van der Waals surface area contributed by atoms with Gasteiger partial charge in [0.2, 0.25) is 11.4 Å². The van der Waals surface area contributed by atoms with E-state index in [0.29, 0.717) is 0 Å². The van der Waals surface area contributed by atoms with Crippen molar-refractivity contribution >= 4 is 41.7 Å². The number of methoxy groups -OCH3 is 3. The average Bonchev–Trinajstić information content (AvgIpc) is 2.92. The number of nitro groups is 1. The van der Waals surface area contributed by atoms with E-state index in [0.717, 1.165) is 39.5 Å². The van der Waals surface area contributed by atoms with Crippen molar-refractivity contribution in [2.75, 3.05) is 34.4 Å². The average molecular weight is 565 g/mol. The van der Waals surface area contributed by atoms with Crippen LogP contribution in [0.3, 0.4) is 0 Å². The Bertz CT molecular complexity index is 1230. The van der Waals surface area contributed by atoms with Crippen molar-refractivity contribution in [2.45, 2.75) is 32.3 Å². The Morgan fingerprint density at radius 3 is 2.02 bits per heavy atom. The van der Waals surface area contributed by atoms with Gasteiger partial charge in [0.1, 0.15) is 11.6 Å². The minimum absolute atomic E-state index is 0.201.